The molecule has 0 spiro atoms. The Hall–Kier alpha value is -2.10. The van der Waals surface area contributed by atoms with Gasteiger partial charge in [-0.1, -0.05) is 25.1 Å². The lowest BCUT2D eigenvalue weighted by Gasteiger charge is -2.17. The Morgan fingerprint density at radius 1 is 1.45 bits per heavy atom. The van der Waals surface area contributed by atoms with Gasteiger partial charge in [-0.05, 0) is 30.5 Å². The standard InChI is InChI=1S/C16H20N2O2/c1-3-10-17-15(19)14-9-11-18(16(14)20)13-7-5-12(4-2)6-8-13/h3,5-8,14H,1,4,9-11H2,2H3,(H,17,19). The van der Waals surface area contributed by atoms with Crippen LogP contribution in [-0.2, 0) is 16.0 Å². The van der Waals surface area contributed by atoms with Gasteiger partial charge in [0.25, 0.3) is 0 Å². The van der Waals surface area contributed by atoms with Crippen LogP contribution in [0.2, 0.25) is 0 Å². The van der Waals surface area contributed by atoms with Crippen LogP contribution in [0, 0.1) is 5.92 Å². The van der Waals surface area contributed by atoms with E-state index in [1.165, 1.54) is 5.56 Å². The topological polar surface area (TPSA) is 49.4 Å². The van der Waals surface area contributed by atoms with Crippen molar-refractivity contribution in [3.63, 3.8) is 0 Å². The summed E-state index contributed by atoms with van der Waals surface area (Å²) in [6.45, 7) is 6.63. The number of hydrogen-bond donors (Lipinski definition) is 1. The zero-order chi connectivity index (χ0) is 14.5. The van der Waals surface area contributed by atoms with Crippen LogP contribution in [0.5, 0.6) is 0 Å². The molecule has 1 saturated heterocycles. The minimum absolute atomic E-state index is 0.115. The Kier molecular flexibility index (Phi) is 4.56. The quantitative estimate of drug-likeness (QED) is 0.657. The summed E-state index contributed by atoms with van der Waals surface area (Å²) in [5, 5.41) is 2.69. The van der Waals surface area contributed by atoms with Crippen LogP contribution < -0.4 is 10.2 Å². The number of aryl methyl sites for hydroxylation is 1. The Labute approximate surface area is 119 Å². The van der Waals surface area contributed by atoms with Crippen molar-refractivity contribution >= 4 is 17.5 Å². The molecule has 0 saturated carbocycles. The van der Waals surface area contributed by atoms with Crippen molar-refractivity contribution in [3.8, 4) is 0 Å². The first-order valence-corrected chi connectivity index (χ1v) is 6.96. The molecule has 1 aromatic rings. The predicted molar refractivity (Wildman–Crippen MR) is 79.5 cm³/mol. The van der Waals surface area contributed by atoms with E-state index in [2.05, 4.69) is 18.8 Å². The first-order valence-electron chi connectivity index (χ1n) is 6.96. The second-order valence-corrected chi connectivity index (χ2v) is 4.88. The molecule has 4 nitrogen and oxygen atoms in total. The summed E-state index contributed by atoms with van der Waals surface area (Å²) in [5.74, 6) is -0.890. The fourth-order valence-corrected chi connectivity index (χ4v) is 2.39. The van der Waals surface area contributed by atoms with Crippen LogP contribution in [0.25, 0.3) is 0 Å². The highest BCUT2D eigenvalue weighted by Gasteiger charge is 2.37. The molecule has 1 atom stereocenters. The lowest BCUT2D eigenvalue weighted by molar-refractivity contribution is -0.131. The highest BCUT2D eigenvalue weighted by molar-refractivity contribution is 6.09. The highest BCUT2D eigenvalue weighted by Crippen LogP contribution is 2.25. The number of benzene rings is 1. The fourth-order valence-electron chi connectivity index (χ4n) is 2.39. The van der Waals surface area contributed by atoms with E-state index in [0.29, 0.717) is 19.5 Å². The maximum atomic E-state index is 12.3. The van der Waals surface area contributed by atoms with Crippen LogP contribution in [0.4, 0.5) is 5.69 Å². The molecule has 1 aromatic carbocycles. The van der Waals surface area contributed by atoms with Gasteiger partial charge in [-0.2, -0.15) is 0 Å². The number of nitrogens with one attached hydrogen (secondary N) is 1. The smallest absolute Gasteiger partial charge is 0.239 e. The van der Waals surface area contributed by atoms with Crippen LogP contribution in [0.1, 0.15) is 18.9 Å². The number of carbonyl (C=O) groups excluding carboxylic acids is 2. The number of carbonyl (C=O) groups is 2. The molecule has 1 fully saturated rings. The lowest BCUT2D eigenvalue weighted by atomic mass is 10.1. The molecule has 1 unspecified atom stereocenters. The number of anilines is 1. The van der Waals surface area contributed by atoms with Gasteiger partial charge in [0.05, 0.1) is 0 Å². The van der Waals surface area contributed by atoms with Crippen LogP contribution >= 0.6 is 0 Å². The Bertz CT molecular complexity index is 508. The van der Waals surface area contributed by atoms with Gasteiger partial charge in [0, 0.05) is 18.8 Å². The SMILES string of the molecule is C=CCNC(=O)C1CCN(c2ccc(CC)cc2)C1=O. The van der Waals surface area contributed by atoms with Gasteiger partial charge in [-0.15, -0.1) is 6.58 Å². The summed E-state index contributed by atoms with van der Waals surface area (Å²) < 4.78 is 0. The maximum Gasteiger partial charge on any atom is 0.239 e. The van der Waals surface area contributed by atoms with Crippen molar-refractivity contribution < 1.29 is 9.59 Å². The van der Waals surface area contributed by atoms with Gasteiger partial charge in [-0.25, -0.2) is 0 Å². The molecular weight excluding hydrogens is 252 g/mol. The number of amides is 2. The maximum absolute atomic E-state index is 12.3. The van der Waals surface area contributed by atoms with Crippen molar-refractivity contribution in [1.29, 1.82) is 0 Å². The molecule has 0 aromatic heterocycles. The lowest BCUT2D eigenvalue weighted by Crippen LogP contribution is -2.36. The Balaban J connectivity index is 2.06. The van der Waals surface area contributed by atoms with E-state index >= 15 is 0 Å². The van der Waals surface area contributed by atoms with Crippen LogP contribution in [0.3, 0.4) is 0 Å². The highest BCUT2D eigenvalue weighted by atomic mass is 16.2. The summed E-state index contributed by atoms with van der Waals surface area (Å²) in [7, 11) is 0. The molecule has 1 heterocycles. The molecule has 106 valence electrons. The molecule has 1 N–H and O–H groups in total. The Morgan fingerprint density at radius 2 is 2.15 bits per heavy atom. The fraction of sp³-hybridized carbons (Fsp3) is 0.375. The minimum Gasteiger partial charge on any atom is -0.352 e. The normalized spacial score (nSPS) is 18.1. The van der Waals surface area contributed by atoms with Crippen molar-refractivity contribution in [2.24, 2.45) is 5.92 Å². The van der Waals surface area contributed by atoms with Crippen LogP contribution in [-0.4, -0.2) is 24.9 Å². The molecular formula is C16H20N2O2. The zero-order valence-electron chi connectivity index (χ0n) is 11.8. The van der Waals surface area contributed by atoms with E-state index < -0.39 is 5.92 Å². The van der Waals surface area contributed by atoms with Crippen molar-refractivity contribution in [2.75, 3.05) is 18.0 Å². The largest absolute Gasteiger partial charge is 0.352 e. The van der Waals surface area contributed by atoms with E-state index in [-0.39, 0.29) is 11.8 Å². The third-order valence-electron chi connectivity index (χ3n) is 3.60. The second-order valence-electron chi connectivity index (χ2n) is 4.88. The molecule has 2 amide bonds. The summed E-state index contributed by atoms with van der Waals surface area (Å²) in [6.07, 6.45) is 3.15. The molecule has 1 aliphatic heterocycles. The molecule has 4 heteroatoms. The van der Waals surface area contributed by atoms with Crippen LogP contribution in [0.15, 0.2) is 36.9 Å². The number of rotatable bonds is 5. The van der Waals surface area contributed by atoms with Gasteiger partial charge in [0.2, 0.25) is 11.8 Å². The molecule has 0 aliphatic carbocycles. The monoisotopic (exact) mass is 272 g/mol. The second kappa shape index (κ2) is 6.37. The molecule has 20 heavy (non-hydrogen) atoms. The van der Waals surface area contributed by atoms with Gasteiger partial charge in [0.1, 0.15) is 5.92 Å². The van der Waals surface area contributed by atoms with Gasteiger partial charge >= 0.3 is 0 Å². The zero-order valence-corrected chi connectivity index (χ0v) is 11.8. The van der Waals surface area contributed by atoms with Gasteiger partial charge in [-0.3, -0.25) is 9.59 Å². The summed E-state index contributed by atoms with van der Waals surface area (Å²) in [4.78, 5) is 25.9. The van der Waals surface area contributed by atoms with Gasteiger partial charge < -0.3 is 10.2 Å². The van der Waals surface area contributed by atoms with E-state index in [0.717, 1.165) is 12.1 Å². The first kappa shape index (κ1) is 14.3. The van der Waals surface area contributed by atoms with E-state index in [9.17, 15) is 9.59 Å². The number of hydrogen-bond acceptors (Lipinski definition) is 2. The average Bonchev–Trinajstić information content (AvgIpc) is 2.86. The third kappa shape index (κ3) is 2.90. The van der Waals surface area contributed by atoms with Crippen molar-refractivity contribution in [2.45, 2.75) is 19.8 Å². The molecule has 0 radical (unpaired) electrons. The molecule has 0 bridgehead atoms. The first-order chi connectivity index (χ1) is 9.67. The average molecular weight is 272 g/mol. The summed E-state index contributed by atoms with van der Waals surface area (Å²) >= 11 is 0. The summed E-state index contributed by atoms with van der Waals surface area (Å²) in [6, 6.07) is 7.93. The summed E-state index contributed by atoms with van der Waals surface area (Å²) in [5.41, 5.74) is 2.10. The van der Waals surface area contributed by atoms with E-state index in [4.69, 9.17) is 0 Å². The van der Waals surface area contributed by atoms with Gasteiger partial charge in [0.15, 0.2) is 0 Å². The predicted octanol–water partition coefficient (Wildman–Crippen LogP) is 1.90. The van der Waals surface area contributed by atoms with E-state index in [1.54, 1.807) is 11.0 Å². The third-order valence-corrected chi connectivity index (χ3v) is 3.60. The molecule has 2 rings (SSSR count). The molecule has 1 aliphatic rings. The van der Waals surface area contributed by atoms with Crippen molar-refractivity contribution in [3.05, 3.63) is 42.5 Å². The minimum atomic E-state index is -0.569. The number of nitrogens with zero attached hydrogens (tertiary/aromatic N) is 1. The van der Waals surface area contributed by atoms with E-state index in [1.807, 2.05) is 24.3 Å². The Morgan fingerprint density at radius 3 is 2.75 bits per heavy atom. The van der Waals surface area contributed by atoms with Crippen molar-refractivity contribution in [1.82, 2.24) is 5.32 Å².